The summed E-state index contributed by atoms with van der Waals surface area (Å²) in [5.74, 6) is 0.0694. The van der Waals surface area contributed by atoms with Gasteiger partial charge in [0.15, 0.2) is 0 Å². The molecule has 48 valence electrons. The van der Waals surface area contributed by atoms with Gasteiger partial charge in [-0.3, -0.25) is 4.79 Å². The Kier molecular flexibility index (Phi) is 1.68. The molecule has 0 unspecified atom stereocenters. The van der Waals surface area contributed by atoms with Gasteiger partial charge in [0.2, 0.25) is 5.91 Å². The van der Waals surface area contributed by atoms with Gasteiger partial charge in [-0.1, -0.05) is 6.08 Å². The minimum Gasteiger partial charge on any atom is -0.312 e. The first-order chi connectivity index (χ1) is 4.34. The Morgan fingerprint density at radius 3 is 2.78 bits per heavy atom. The summed E-state index contributed by atoms with van der Waals surface area (Å²) in [6.07, 6.45) is 7.03. The monoisotopic (exact) mass is 123 g/mol. The quantitative estimate of drug-likeness (QED) is 0.475. The lowest BCUT2D eigenvalue weighted by atomic mass is 10.3. The van der Waals surface area contributed by atoms with E-state index in [0.29, 0.717) is 0 Å². The van der Waals surface area contributed by atoms with Gasteiger partial charge in [0.25, 0.3) is 0 Å². The van der Waals surface area contributed by atoms with Gasteiger partial charge in [0.1, 0.15) is 0 Å². The van der Waals surface area contributed by atoms with Gasteiger partial charge in [-0.25, -0.2) is 0 Å². The van der Waals surface area contributed by atoms with Crippen molar-refractivity contribution >= 4 is 5.91 Å². The highest BCUT2D eigenvalue weighted by molar-refractivity contribution is 5.89. The maximum atomic E-state index is 10.8. The van der Waals surface area contributed by atoms with Gasteiger partial charge in [-0.15, -0.1) is 0 Å². The van der Waals surface area contributed by atoms with Crippen molar-refractivity contribution in [3.8, 4) is 0 Å². The number of allylic oxidation sites excluding steroid dienone is 1. The third kappa shape index (κ3) is 1.19. The van der Waals surface area contributed by atoms with Crippen LogP contribution in [0.25, 0.3) is 0 Å². The molecule has 2 nitrogen and oxygen atoms in total. The fourth-order valence-electron chi connectivity index (χ4n) is 0.613. The van der Waals surface area contributed by atoms with Crippen molar-refractivity contribution in [2.24, 2.45) is 0 Å². The van der Waals surface area contributed by atoms with Crippen molar-refractivity contribution in [1.82, 2.24) is 4.90 Å². The lowest BCUT2D eigenvalue weighted by Crippen LogP contribution is -2.29. The average Bonchev–Trinajstić information content (AvgIpc) is 1.60. The number of carbonyl (C=O) groups excluding carboxylic acids is 1. The van der Waals surface area contributed by atoms with E-state index in [2.05, 4.69) is 0 Å². The van der Waals surface area contributed by atoms with Crippen LogP contribution in [0.4, 0.5) is 0 Å². The number of amides is 1. The van der Waals surface area contributed by atoms with Gasteiger partial charge in [0, 0.05) is 12.7 Å². The van der Waals surface area contributed by atoms with Gasteiger partial charge in [0.05, 0.1) is 0 Å². The highest BCUT2D eigenvalue weighted by atomic mass is 16.2. The number of carbonyl (C=O) groups is 1. The van der Waals surface area contributed by atoms with Crippen molar-refractivity contribution in [2.75, 3.05) is 6.54 Å². The fourth-order valence-corrected chi connectivity index (χ4v) is 0.613. The van der Waals surface area contributed by atoms with Crippen molar-refractivity contribution in [2.45, 2.75) is 6.92 Å². The first kappa shape index (κ1) is 6.08. The maximum absolute atomic E-state index is 10.8. The standard InChI is InChI=1S/C7H9NO/c1-2-4-7(9)8-5-3-6-8/h2-5H,6H2,1H3/b4-2+. The van der Waals surface area contributed by atoms with Crippen molar-refractivity contribution < 1.29 is 4.79 Å². The molecule has 0 N–H and O–H groups in total. The van der Waals surface area contributed by atoms with Crippen molar-refractivity contribution in [3.05, 3.63) is 24.4 Å². The topological polar surface area (TPSA) is 20.3 Å². The molecule has 0 bridgehead atoms. The molecule has 0 aromatic heterocycles. The summed E-state index contributed by atoms with van der Waals surface area (Å²) in [7, 11) is 0. The second-order valence-electron chi connectivity index (χ2n) is 1.88. The van der Waals surface area contributed by atoms with Crippen LogP contribution in [0.5, 0.6) is 0 Å². The summed E-state index contributed by atoms with van der Waals surface area (Å²) in [4.78, 5) is 12.5. The van der Waals surface area contributed by atoms with E-state index in [0.717, 1.165) is 6.54 Å². The highest BCUT2D eigenvalue weighted by Crippen LogP contribution is 2.01. The molecular formula is C7H9NO. The molecule has 0 fully saturated rings. The van der Waals surface area contributed by atoms with Crippen LogP contribution in [-0.2, 0) is 4.79 Å². The largest absolute Gasteiger partial charge is 0.312 e. The molecule has 0 spiro atoms. The molecule has 0 saturated carbocycles. The number of rotatable bonds is 1. The normalized spacial score (nSPS) is 16.3. The Balaban J connectivity index is 2.43. The summed E-state index contributed by atoms with van der Waals surface area (Å²) in [6.45, 7) is 2.60. The minimum absolute atomic E-state index is 0.0694. The number of hydrogen-bond donors (Lipinski definition) is 0. The molecule has 0 saturated heterocycles. The van der Waals surface area contributed by atoms with E-state index in [1.165, 1.54) is 0 Å². The van der Waals surface area contributed by atoms with E-state index in [1.54, 1.807) is 23.3 Å². The van der Waals surface area contributed by atoms with Gasteiger partial charge in [-0.05, 0) is 19.1 Å². The van der Waals surface area contributed by atoms with Gasteiger partial charge < -0.3 is 4.90 Å². The predicted molar refractivity (Wildman–Crippen MR) is 35.7 cm³/mol. The second-order valence-corrected chi connectivity index (χ2v) is 1.88. The Morgan fingerprint density at radius 1 is 1.78 bits per heavy atom. The van der Waals surface area contributed by atoms with Gasteiger partial charge >= 0.3 is 0 Å². The van der Waals surface area contributed by atoms with Crippen LogP contribution in [0.3, 0.4) is 0 Å². The van der Waals surface area contributed by atoms with E-state index >= 15 is 0 Å². The second kappa shape index (κ2) is 2.49. The molecule has 1 aliphatic heterocycles. The molecule has 1 amide bonds. The molecular weight excluding hydrogens is 114 g/mol. The molecule has 0 atom stereocenters. The van der Waals surface area contributed by atoms with E-state index in [-0.39, 0.29) is 5.91 Å². The van der Waals surface area contributed by atoms with E-state index in [9.17, 15) is 4.79 Å². The zero-order chi connectivity index (χ0) is 6.69. The van der Waals surface area contributed by atoms with Crippen LogP contribution in [-0.4, -0.2) is 17.4 Å². The van der Waals surface area contributed by atoms with Gasteiger partial charge in [-0.2, -0.15) is 0 Å². The maximum Gasteiger partial charge on any atom is 0.250 e. The van der Waals surface area contributed by atoms with Crippen LogP contribution in [0, 0.1) is 0 Å². The zero-order valence-corrected chi connectivity index (χ0v) is 5.37. The summed E-state index contributed by atoms with van der Waals surface area (Å²) in [6, 6.07) is 0. The fraction of sp³-hybridized carbons (Fsp3) is 0.286. The lowest BCUT2D eigenvalue weighted by molar-refractivity contribution is -0.123. The molecule has 1 rings (SSSR count). The molecule has 0 aliphatic carbocycles. The molecule has 0 aromatic rings. The Labute approximate surface area is 54.5 Å². The summed E-state index contributed by atoms with van der Waals surface area (Å²) in [5, 5.41) is 0. The lowest BCUT2D eigenvalue weighted by Gasteiger charge is -2.20. The van der Waals surface area contributed by atoms with Crippen LogP contribution in [0.1, 0.15) is 6.92 Å². The van der Waals surface area contributed by atoms with Crippen LogP contribution < -0.4 is 0 Å². The Bertz CT molecular complexity index is 170. The molecule has 9 heavy (non-hydrogen) atoms. The zero-order valence-electron chi connectivity index (χ0n) is 5.37. The van der Waals surface area contributed by atoms with Crippen molar-refractivity contribution in [1.29, 1.82) is 0 Å². The third-order valence-electron chi connectivity index (χ3n) is 1.18. The Morgan fingerprint density at radius 2 is 2.44 bits per heavy atom. The number of hydrogen-bond acceptors (Lipinski definition) is 1. The molecule has 0 aromatic carbocycles. The van der Waals surface area contributed by atoms with Crippen LogP contribution in [0.15, 0.2) is 24.4 Å². The smallest absolute Gasteiger partial charge is 0.250 e. The van der Waals surface area contributed by atoms with E-state index in [4.69, 9.17) is 0 Å². The highest BCUT2D eigenvalue weighted by Gasteiger charge is 2.09. The van der Waals surface area contributed by atoms with Crippen LogP contribution in [0.2, 0.25) is 0 Å². The van der Waals surface area contributed by atoms with E-state index in [1.807, 2.05) is 13.0 Å². The Hall–Kier alpha value is -1.05. The molecule has 1 heterocycles. The SMILES string of the molecule is C/C=C/C(=O)N1C=CC1. The first-order valence-corrected chi connectivity index (χ1v) is 2.94. The average molecular weight is 123 g/mol. The molecule has 2 heteroatoms. The first-order valence-electron chi connectivity index (χ1n) is 2.94. The molecule has 0 radical (unpaired) electrons. The van der Waals surface area contributed by atoms with E-state index < -0.39 is 0 Å². The summed E-state index contributed by atoms with van der Waals surface area (Å²) >= 11 is 0. The van der Waals surface area contributed by atoms with Crippen molar-refractivity contribution in [3.63, 3.8) is 0 Å². The minimum atomic E-state index is 0.0694. The predicted octanol–water partition coefficient (Wildman–Crippen LogP) is 0.918. The summed E-state index contributed by atoms with van der Waals surface area (Å²) in [5.41, 5.74) is 0. The molecule has 1 aliphatic rings. The summed E-state index contributed by atoms with van der Waals surface area (Å²) < 4.78 is 0. The third-order valence-corrected chi connectivity index (χ3v) is 1.18. The van der Waals surface area contributed by atoms with Crippen LogP contribution >= 0.6 is 0 Å². The number of nitrogens with zero attached hydrogens (tertiary/aromatic N) is 1.